The van der Waals surface area contributed by atoms with Gasteiger partial charge >= 0.3 is 0 Å². The maximum atomic E-state index is 13.1. The van der Waals surface area contributed by atoms with Gasteiger partial charge in [-0.1, -0.05) is 11.6 Å². The Morgan fingerprint density at radius 3 is 2.74 bits per heavy atom. The second-order valence-corrected chi connectivity index (χ2v) is 8.16. The van der Waals surface area contributed by atoms with Crippen LogP contribution in [0, 0.1) is 11.7 Å². The van der Waals surface area contributed by atoms with Crippen LogP contribution in [0.1, 0.15) is 12.8 Å². The third kappa shape index (κ3) is 4.20. The standard InChI is InChI=1S/C14H19ClFN3O3S/c1-18(2)23(21,22)19-7-3-4-10(9-19)14(20)17-11-5-6-13(16)12(15)8-11/h5-6,8,10H,3-4,7,9H2,1-2H3,(H,17,20)/t10-/m0/s1. The molecule has 1 heterocycles. The Morgan fingerprint density at radius 1 is 1.43 bits per heavy atom. The maximum absolute atomic E-state index is 13.1. The van der Waals surface area contributed by atoms with Gasteiger partial charge in [0.05, 0.1) is 10.9 Å². The molecule has 1 aliphatic rings. The first kappa shape index (κ1) is 18.1. The van der Waals surface area contributed by atoms with E-state index in [1.54, 1.807) is 0 Å². The summed E-state index contributed by atoms with van der Waals surface area (Å²) in [5, 5.41) is 2.58. The first-order chi connectivity index (χ1) is 10.7. The van der Waals surface area contributed by atoms with Gasteiger partial charge in [-0.2, -0.15) is 17.0 Å². The third-order valence-corrected chi connectivity index (χ3v) is 5.93. The SMILES string of the molecule is CN(C)S(=O)(=O)N1CCC[C@H](C(=O)Nc2ccc(F)c(Cl)c2)C1. The van der Waals surface area contributed by atoms with Crippen molar-refractivity contribution in [3.8, 4) is 0 Å². The maximum Gasteiger partial charge on any atom is 0.281 e. The van der Waals surface area contributed by atoms with Crippen LogP contribution in [0.25, 0.3) is 0 Å². The van der Waals surface area contributed by atoms with Crippen LogP contribution in [-0.2, 0) is 15.0 Å². The van der Waals surface area contributed by atoms with Gasteiger partial charge in [0, 0.05) is 32.9 Å². The lowest BCUT2D eigenvalue weighted by Gasteiger charge is -2.32. The van der Waals surface area contributed by atoms with E-state index in [0.717, 1.165) is 4.31 Å². The van der Waals surface area contributed by atoms with Gasteiger partial charge in [0.25, 0.3) is 10.2 Å². The summed E-state index contributed by atoms with van der Waals surface area (Å²) in [6.07, 6.45) is 1.20. The normalized spacial score (nSPS) is 19.8. The van der Waals surface area contributed by atoms with E-state index in [9.17, 15) is 17.6 Å². The Hall–Kier alpha value is -1.22. The van der Waals surface area contributed by atoms with Gasteiger partial charge in [0.2, 0.25) is 5.91 Å². The van der Waals surface area contributed by atoms with E-state index in [-0.39, 0.29) is 17.5 Å². The van der Waals surface area contributed by atoms with Crippen molar-refractivity contribution >= 4 is 33.4 Å². The molecule has 2 rings (SSSR count). The zero-order valence-corrected chi connectivity index (χ0v) is 14.5. The number of anilines is 1. The van der Waals surface area contributed by atoms with Crippen molar-refractivity contribution in [3.63, 3.8) is 0 Å². The quantitative estimate of drug-likeness (QED) is 0.888. The number of benzene rings is 1. The van der Waals surface area contributed by atoms with E-state index in [1.165, 1.54) is 36.6 Å². The smallest absolute Gasteiger partial charge is 0.281 e. The molecule has 0 aliphatic carbocycles. The summed E-state index contributed by atoms with van der Waals surface area (Å²) in [6.45, 7) is 0.522. The highest BCUT2D eigenvalue weighted by Gasteiger charge is 2.33. The number of nitrogens with one attached hydrogen (secondary N) is 1. The van der Waals surface area contributed by atoms with Gasteiger partial charge in [0.15, 0.2) is 0 Å². The summed E-state index contributed by atoms with van der Waals surface area (Å²) in [5.41, 5.74) is 0.383. The fourth-order valence-electron chi connectivity index (χ4n) is 2.42. The van der Waals surface area contributed by atoms with E-state index in [0.29, 0.717) is 25.1 Å². The van der Waals surface area contributed by atoms with Crippen LogP contribution >= 0.6 is 11.6 Å². The number of hydrogen-bond acceptors (Lipinski definition) is 3. The van der Waals surface area contributed by atoms with Crippen molar-refractivity contribution in [2.24, 2.45) is 5.92 Å². The van der Waals surface area contributed by atoms with Crippen molar-refractivity contribution in [1.29, 1.82) is 0 Å². The zero-order chi connectivity index (χ0) is 17.2. The molecule has 0 spiro atoms. The predicted molar refractivity (Wildman–Crippen MR) is 86.9 cm³/mol. The van der Waals surface area contributed by atoms with Gasteiger partial charge in [-0.25, -0.2) is 4.39 Å². The lowest BCUT2D eigenvalue weighted by molar-refractivity contribution is -0.120. The Kier molecular flexibility index (Phi) is 5.61. The number of nitrogens with zero attached hydrogens (tertiary/aromatic N) is 2. The molecule has 1 aromatic carbocycles. The third-order valence-electron chi connectivity index (χ3n) is 3.73. The largest absolute Gasteiger partial charge is 0.326 e. The number of halogens is 2. The van der Waals surface area contributed by atoms with E-state index in [1.807, 2.05) is 0 Å². The highest BCUT2D eigenvalue weighted by Crippen LogP contribution is 2.23. The lowest BCUT2D eigenvalue weighted by atomic mass is 9.99. The summed E-state index contributed by atoms with van der Waals surface area (Å²) in [5.74, 6) is -1.32. The topological polar surface area (TPSA) is 69.7 Å². The average molecular weight is 364 g/mol. The van der Waals surface area contributed by atoms with Crippen LogP contribution < -0.4 is 5.32 Å². The molecule has 1 aromatic rings. The summed E-state index contributed by atoms with van der Waals surface area (Å²) >= 11 is 5.68. The monoisotopic (exact) mass is 363 g/mol. The molecular weight excluding hydrogens is 345 g/mol. The predicted octanol–water partition coefficient (Wildman–Crippen LogP) is 1.94. The second kappa shape index (κ2) is 7.12. The molecular formula is C14H19ClFN3O3S. The Labute approximate surface area is 140 Å². The average Bonchev–Trinajstić information content (AvgIpc) is 2.51. The molecule has 128 valence electrons. The molecule has 1 fully saturated rings. The highest BCUT2D eigenvalue weighted by atomic mass is 35.5. The summed E-state index contributed by atoms with van der Waals surface area (Å²) in [6, 6.07) is 3.91. The number of hydrogen-bond donors (Lipinski definition) is 1. The van der Waals surface area contributed by atoms with E-state index in [2.05, 4.69) is 5.32 Å². The van der Waals surface area contributed by atoms with E-state index >= 15 is 0 Å². The molecule has 23 heavy (non-hydrogen) atoms. The van der Waals surface area contributed by atoms with Crippen LogP contribution in [0.2, 0.25) is 5.02 Å². The minimum absolute atomic E-state index is 0.0803. The minimum atomic E-state index is -3.54. The van der Waals surface area contributed by atoms with Gasteiger partial charge < -0.3 is 5.32 Å². The Bertz CT molecular complexity index is 697. The van der Waals surface area contributed by atoms with Crippen molar-refractivity contribution in [1.82, 2.24) is 8.61 Å². The lowest BCUT2D eigenvalue weighted by Crippen LogP contribution is -2.47. The number of carbonyl (C=O) groups excluding carboxylic acids is 1. The molecule has 0 radical (unpaired) electrons. The van der Waals surface area contributed by atoms with Crippen molar-refractivity contribution in [2.75, 3.05) is 32.5 Å². The van der Waals surface area contributed by atoms with Gasteiger partial charge in [-0.3, -0.25) is 4.79 Å². The molecule has 1 atom stereocenters. The molecule has 1 N–H and O–H groups in total. The molecule has 1 saturated heterocycles. The minimum Gasteiger partial charge on any atom is -0.326 e. The molecule has 1 aliphatic heterocycles. The summed E-state index contributed by atoms with van der Waals surface area (Å²) in [7, 11) is -0.620. The molecule has 9 heteroatoms. The van der Waals surface area contributed by atoms with Gasteiger partial charge in [-0.05, 0) is 31.0 Å². The number of rotatable bonds is 4. The fourth-order valence-corrected chi connectivity index (χ4v) is 3.79. The van der Waals surface area contributed by atoms with Crippen molar-refractivity contribution < 1.29 is 17.6 Å². The van der Waals surface area contributed by atoms with Crippen molar-refractivity contribution in [2.45, 2.75) is 12.8 Å². The van der Waals surface area contributed by atoms with Crippen LogP contribution in [-0.4, -0.2) is 50.1 Å². The van der Waals surface area contributed by atoms with Crippen LogP contribution in [0.15, 0.2) is 18.2 Å². The van der Waals surface area contributed by atoms with E-state index < -0.39 is 21.9 Å². The number of amides is 1. The number of piperidine rings is 1. The zero-order valence-electron chi connectivity index (χ0n) is 12.9. The van der Waals surface area contributed by atoms with Crippen molar-refractivity contribution in [3.05, 3.63) is 29.0 Å². The van der Waals surface area contributed by atoms with E-state index in [4.69, 9.17) is 11.6 Å². The Balaban J connectivity index is 2.06. The summed E-state index contributed by atoms with van der Waals surface area (Å²) < 4.78 is 39.9. The highest BCUT2D eigenvalue weighted by molar-refractivity contribution is 7.86. The number of carbonyl (C=O) groups is 1. The molecule has 1 amide bonds. The molecule has 0 unspecified atom stereocenters. The molecule has 0 bridgehead atoms. The first-order valence-electron chi connectivity index (χ1n) is 7.15. The van der Waals surface area contributed by atoms with Crippen LogP contribution in [0.4, 0.5) is 10.1 Å². The molecule has 0 saturated carbocycles. The second-order valence-electron chi connectivity index (χ2n) is 5.61. The van der Waals surface area contributed by atoms with Crippen LogP contribution in [0.3, 0.4) is 0 Å². The molecule has 6 nitrogen and oxygen atoms in total. The van der Waals surface area contributed by atoms with Gasteiger partial charge in [-0.15, -0.1) is 0 Å². The van der Waals surface area contributed by atoms with Crippen LogP contribution in [0.5, 0.6) is 0 Å². The molecule has 0 aromatic heterocycles. The first-order valence-corrected chi connectivity index (χ1v) is 8.93. The fraction of sp³-hybridized carbons (Fsp3) is 0.500. The van der Waals surface area contributed by atoms with Gasteiger partial charge in [0.1, 0.15) is 5.82 Å². The Morgan fingerprint density at radius 2 is 2.13 bits per heavy atom. The summed E-state index contributed by atoms with van der Waals surface area (Å²) in [4.78, 5) is 12.3.